The summed E-state index contributed by atoms with van der Waals surface area (Å²) < 4.78 is 0. The Morgan fingerprint density at radius 2 is 2.06 bits per heavy atom. The van der Waals surface area contributed by atoms with Gasteiger partial charge in [-0.2, -0.15) is 0 Å². The average Bonchev–Trinajstić information content (AvgIpc) is 2.67. The zero-order valence-electron chi connectivity index (χ0n) is 11.3. The molecule has 1 rings (SSSR count). The third kappa shape index (κ3) is 2.46. The molecular formula is C13H24N2OS. The molecule has 98 valence electrons. The summed E-state index contributed by atoms with van der Waals surface area (Å²) in [4.78, 5) is 15.0. The van der Waals surface area contributed by atoms with Crippen LogP contribution >= 0.6 is 12.2 Å². The van der Waals surface area contributed by atoms with Gasteiger partial charge in [0.2, 0.25) is 5.91 Å². The number of carbonyl (C=O) groups excluding carboxylic acids is 1. The van der Waals surface area contributed by atoms with Crippen LogP contribution in [0.2, 0.25) is 0 Å². The molecule has 3 atom stereocenters. The van der Waals surface area contributed by atoms with Crippen LogP contribution in [0, 0.1) is 5.41 Å². The number of amides is 1. The van der Waals surface area contributed by atoms with E-state index in [4.69, 9.17) is 18.0 Å². The lowest BCUT2D eigenvalue weighted by molar-refractivity contribution is -0.140. The van der Waals surface area contributed by atoms with Gasteiger partial charge in [-0.1, -0.05) is 26.1 Å². The van der Waals surface area contributed by atoms with E-state index < -0.39 is 5.41 Å². The van der Waals surface area contributed by atoms with Gasteiger partial charge in [0.25, 0.3) is 0 Å². The first-order valence-electron chi connectivity index (χ1n) is 6.51. The Labute approximate surface area is 110 Å². The standard InChI is InChI=1S/C13H24N2OS/c1-5-10-8-7-9(3)15(10)12(16)13(4,6-2)11(14)17/h9-10H,5-8H2,1-4H3,(H2,14,17). The van der Waals surface area contributed by atoms with Crippen LogP contribution < -0.4 is 5.73 Å². The van der Waals surface area contributed by atoms with Crippen LogP contribution in [0.4, 0.5) is 0 Å². The molecule has 0 bridgehead atoms. The molecule has 0 aliphatic carbocycles. The smallest absolute Gasteiger partial charge is 0.235 e. The summed E-state index contributed by atoms with van der Waals surface area (Å²) in [6.07, 6.45) is 3.86. The normalized spacial score (nSPS) is 27.9. The first-order chi connectivity index (χ1) is 7.88. The molecule has 2 N–H and O–H groups in total. The van der Waals surface area contributed by atoms with E-state index >= 15 is 0 Å². The zero-order valence-corrected chi connectivity index (χ0v) is 12.1. The van der Waals surface area contributed by atoms with Crippen LogP contribution in [0.15, 0.2) is 0 Å². The van der Waals surface area contributed by atoms with Crippen molar-refractivity contribution in [1.82, 2.24) is 4.90 Å². The van der Waals surface area contributed by atoms with Crippen molar-refractivity contribution in [3.63, 3.8) is 0 Å². The molecule has 1 heterocycles. The van der Waals surface area contributed by atoms with Crippen molar-refractivity contribution in [3.8, 4) is 0 Å². The molecule has 1 fully saturated rings. The summed E-state index contributed by atoms with van der Waals surface area (Å²) >= 11 is 5.09. The molecule has 0 aromatic rings. The number of likely N-dealkylation sites (tertiary alicyclic amines) is 1. The van der Waals surface area contributed by atoms with Crippen LogP contribution in [0.25, 0.3) is 0 Å². The fourth-order valence-electron chi connectivity index (χ4n) is 2.55. The van der Waals surface area contributed by atoms with Gasteiger partial charge in [0.1, 0.15) is 0 Å². The lowest BCUT2D eigenvalue weighted by Gasteiger charge is -2.36. The summed E-state index contributed by atoms with van der Waals surface area (Å²) in [5, 5.41) is 0. The molecule has 1 amide bonds. The third-order valence-corrected chi connectivity index (χ3v) is 4.67. The zero-order chi connectivity index (χ0) is 13.2. The van der Waals surface area contributed by atoms with E-state index in [1.54, 1.807) is 0 Å². The Morgan fingerprint density at radius 3 is 2.47 bits per heavy atom. The highest BCUT2D eigenvalue weighted by molar-refractivity contribution is 7.80. The Morgan fingerprint density at radius 1 is 1.47 bits per heavy atom. The van der Waals surface area contributed by atoms with Gasteiger partial charge >= 0.3 is 0 Å². The number of carbonyl (C=O) groups is 1. The van der Waals surface area contributed by atoms with Gasteiger partial charge in [0.15, 0.2) is 0 Å². The van der Waals surface area contributed by atoms with Crippen molar-refractivity contribution in [2.45, 2.75) is 65.5 Å². The van der Waals surface area contributed by atoms with E-state index in [2.05, 4.69) is 13.8 Å². The molecule has 0 spiro atoms. The van der Waals surface area contributed by atoms with E-state index in [0.29, 0.717) is 23.5 Å². The van der Waals surface area contributed by atoms with Crippen LogP contribution in [0.3, 0.4) is 0 Å². The summed E-state index contributed by atoms with van der Waals surface area (Å²) in [6, 6.07) is 0.672. The van der Waals surface area contributed by atoms with E-state index in [1.807, 2.05) is 18.7 Å². The molecule has 0 aromatic heterocycles. The van der Waals surface area contributed by atoms with Crippen LogP contribution in [-0.4, -0.2) is 27.9 Å². The van der Waals surface area contributed by atoms with Crippen LogP contribution in [-0.2, 0) is 4.79 Å². The minimum Gasteiger partial charge on any atom is -0.392 e. The maximum Gasteiger partial charge on any atom is 0.235 e. The Balaban J connectivity index is 2.98. The summed E-state index contributed by atoms with van der Waals surface area (Å²) in [6.45, 7) is 8.09. The van der Waals surface area contributed by atoms with Crippen molar-refractivity contribution in [3.05, 3.63) is 0 Å². The minimum absolute atomic E-state index is 0.115. The molecule has 1 aliphatic heterocycles. The molecule has 3 nitrogen and oxygen atoms in total. The number of rotatable bonds is 4. The van der Waals surface area contributed by atoms with Gasteiger partial charge in [-0.3, -0.25) is 4.79 Å². The van der Waals surface area contributed by atoms with E-state index in [0.717, 1.165) is 19.3 Å². The Hall–Kier alpha value is -0.640. The quantitative estimate of drug-likeness (QED) is 0.786. The summed E-state index contributed by atoms with van der Waals surface area (Å²) in [7, 11) is 0. The second-order valence-corrected chi connectivity index (χ2v) is 5.69. The number of hydrogen-bond donors (Lipinski definition) is 1. The largest absolute Gasteiger partial charge is 0.392 e. The van der Waals surface area contributed by atoms with Gasteiger partial charge in [-0.05, 0) is 39.5 Å². The fraction of sp³-hybridized carbons (Fsp3) is 0.846. The highest BCUT2D eigenvalue weighted by atomic mass is 32.1. The molecule has 3 unspecified atom stereocenters. The molecule has 0 radical (unpaired) electrons. The molecule has 1 saturated heterocycles. The van der Waals surface area contributed by atoms with Gasteiger partial charge in [0.05, 0.1) is 10.4 Å². The molecular weight excluding hydrogens is 232 g/mol. The van der Waals surface area contributed by atoms with Crippen LogP contribution in [0.1, 0.15) is 53.4 Å². The molecule has 17 heavy (non-hydrogen) atoms. The molecule has 0 aromatic carbocycles. The minimum atomic E-state index is -0.679. The Kier molecular flexibility index (Phi) is 4.53. The predicted octanol–water partition coefficient (Wildman–Crippen LogP) is 2.48. The van der Waals surface area contributed by atoms with Crippen molar-refractivity contribution < 1.29 is 4.79 Å². The lowest BCUT2D eigenvalue weighted by Crippen LogP contribution is -2.52. The van der Waals surface area contributed by atoms with Crippen molar-refractivity contribution >= 4 is 23.1 Å². The van der Waals surface area contributed by atoms with Crippen LogP contribution in [0.5, 0.6) is 0 Å². The second kappa shape index (κ2) is 5.34. The third-order valence-electron chi connectivity index (χ3n) is 4.21. The monoisotopic (exact) mass is 256 g/mol. The average molecular weight is 256 g/mol. The first-order valence-corrected chi connectivity index (χ1v) is 6.92. The second-order valence-electron chi connectivity index (χ2n) is 5.25. The number of nitrogens with two attached hydrogens (primary N) is 1. The van der Waals surface area contributed by atoms with Gasteiger partial charge in [0, 0.05) is 12.1 Å². The molecule has 0 saturated carbocycles. The van der Waals surface area contributed by atoms with E-state index in [9.17, 15) is 4.79 Å². The first kappa shape index (κ1) is 14.4. The number of nitrogens with zero attached hydrogens (tertiary/aromatic N) is 1. The predicted molar refractivity (Wildman–Crippen MR) is 74.8 cm³/mol. The summed E-state index contributed by atoms with van der Waals surface area (Å²) in [5.74, 6) is 0.115. The SMILES string of the molecule is CCC1CCC(C)N1C(=O)C(C)(CC)C(N)=S. The van der Waals surface area contributed by atoms with Crippen molar-refractivity contribution in [2.24, 2.45) is 11.1 Å². The van der Waals surface area contributed by atoms with Gasteiger partial charge in [-0.15, -0.1) is 0 Å². The van der Waals surface area contributed by atoms with E-state index in [-0.39, 0.29) is 5.91 Å². The van der Waals surface area contributed by atoms with Crippen molar-refractivity contribution in [2.75, 3.05) is 0 Å². The van der Waals surface area contributed by atoms with Crippen molar-refractivity contribution in [1.29, 1.82) is 0 Å². The lowest BCUT2D eigenvalue weighted by atomic mass is 9.85. The number of thiocarbonyl (C=S) groups is 1. The van der Waals surface area contributed by atoms with E-state index in [1.165, 1.54) is 0 Å². The highest BCUT2D eigenvalue weighted by Crippen LogP contribution is 2.33. The number of hydrogen-bond acceptors (Lipinski definition) is 2. The highest BCUT2D eigenvalue weighted by Gasteiger charge is 2.43. The molecule has 4 heteroatoms. The molecule has 1 aliphatic rings. The maximum atomic E-state index is 12.7. The van der Waals surface area contributed by atoms with Gasteiger partial charge < -0.3 is 10.6 Å². The fourth-order valence-corrected chi connectivity index (χ4v) is 2.79. The topological polar surface area (TPSA) is 46.3 Å². The van der Waals surface area contributed by atoms with Gasteiger partial charge in [-0.25, -0.2) is 0 Å². The maximum absolute atomic E-state index is 12.7. The summed E-state index contributed by atoms with van der Waals surface area (Å²) in [5.41, 5.74) is 5.09. The Bertz CT molecular complexity index is 319.